The SMILES string of the molecule is COc1ccccc1C1CCC(c2ccccc2)N1C(=O)CNC(=O)Nc1cccc(CC(=O)O)c1. The van der Waals surface area contributed by atoms with E-state index in [4.69, 9.17) is 9.84 Å². The van der Waals surface area contributed by atoms with Gasteiger partial charge in [0, 0.05) is 11.3 Å². The molecule has 1 heterocycles. The smallest absolute Gasteiger partial charge is 0.319 e. The van der Waals surface area contributed by atoms with E-state index in [0.29, 0.717) is 11.3 Å². The molecule has 0 aromatic heterocycles. The molecule has 1 fully saturated rings. The molecule has 36 heavy (non-hydrogen) atoms. The summed E-state index contributed by atoms with van der Waals surface area (Å²) in [6.45, 7) is -0.185. The zero-order valence-corrected chi connectivity index (χ0v) is 20.0. The lowest BCUT2D eigenvalue weighted by Crippen LogP contribution is -2.42. The Bertz CT molecular complexity index is 1230. The minimum absolute atomic E-state index is 0.119. The van der Waals surface area contributed by atoms with Crippen LogP contribution in [0.25, 0.3) is 0 Å². The van der Waals surface area contributed by atoms with E-state index < -0.39 is 12.0 Å². The van der Waals surface area contributed by atoms with Crippen LogP contribution in [0.3, 0.4) is 0 Å². The number of benzene rings is 3. The molecular formula is C28H29N3O5. The van der Waals surface area contributed by atoms with Crippen LogP contribution in [0.5, 0.6) is 5.75 Å². The summed E-state index contributed by atoms with van der Waals surface area (Å²) in [6, 6.07) is 23.3. The molecule has 0 bridgehead atoms. The van der Waals surface area contributed by atoms with Gasteiger partial charge in [-0.3, -0.25) is 9.59 Å². The Morgan fingerprint density at radius 2 is 1.67 bits per heavy atom. The summed E-state index contributed by atoms with van der Waals surface area (Å²) in [7, 11) is 1.62. The number of hydrogen-bond acceptors (Lipinski definition) is 4. The third-order valence-electron chi connectivity index (χ3n) is 6.30. The van der Waals surface area contributed by atoms with Gasteiger partial charge >= 0.3 is 12.0 Å². The maximum atomic E-state index is 13.5. The highest BCUT2D eigenvalue weighted by Crippen LogP contribution is 2.46. The number of carbonyl (C=O) groups is 3. The molecule has 3 aromatic carbocycles. The van der Waals surface area contributed by atoms with Crippen LogP contribution < -0.4 is 15.4 Å². The van der Waals surface area contributed by atoms with Crippen molar-refractivity contribution in [2.75, 3.05) is 19.0 Å². The van der Waals surface area contributed by atoms with Crippen LogP contribution in [0, 0.1) is 0 Å². The summed E-state index contributed by atoms with van der Waals surface area (Å²) in [5.74, 6) is -0.432. The largest absolute Gasteiger partial charge is 0.496 e. The van der Waals surface area contributed by atoms with E-state index in [1.807, 2.05) is 59.5 Å². The third kappa shape index (κ3) is 5.83. The Balaban J connectivity index is 1.49. The number of amides is 3. The molecule has 2 unspecified atom stereocenters. The molecule has 4 rings (SSSR count). The van der Waals surface area contributed by atoms with Gasteiger partial charge in [-0.05, 0) is 42.2 Å². The third-order valence-corrected chi connectivity index (χ3v) is 6.30. The molecule has 0 spiro atoms. The predicted molar refractivity (Wildman–Crippen MR) is 136 cm³/mol. The highest BCUT2D eigenvalue weighted by Gasteiger charge is 2.39. The number of likely N-dealkylation sites (tertiary alicyclic amines) is 1. The summed E-state index contributed by atoms with van der Waals surface area (Å²) in [4.78, 5) is 38.9. The molecule has 0 saturated carbocycles. The fraction of sp³-hybridized carbons (Fsp3) is 0.250. The number of rotatable bonds is 8. The van der Waals surface area contributed by atoms with E-state index >= 15 is 0 Å². The van der Waals surface area contributed by atoms with Crippen LogP contribution in [-0.2, 0) is 16.0 Å². The maximum absolute atomic E-state index is 13.5. The molecule has 8 nitrogen and oxygen atoms in total. The maximum Gasteiger partial charge on any atom is 0.319 e. The van der Waals surface area contributed by atoms with Crippen LogP contribution in [0.1, 0.15) is 41.6 Å². The van der Waals surface area contributed by atoms with Gasteiger partial charge in [-0.2, -0.15) is 0 Å². The summed E-state index contributed by atoms with van der Waals surface area (Å²) >= 11 is 0. The van der Waals surface area contributed by atoms with E-state index in [1.54, 1.807) is 31.4 Å². The van der Waals surface area contributed by atoms with Crippen molar-refractivity contribution in [2.24, 2.45) is 0 Å². The first-order valence-corrected chi connectivity index (χ1v) is 11.8. The van der Waals surface area contributed by atoms with Crippen molar-refractivity contribution >= 4 is 23.6 Å². The van der Waals surface area contributed by atoms with Gasteiger partial charge in [0.15, 0.2) is 0 Å². The lowest BCUT2D eigenvalue weighted by atomic mass is 10.0. The molecule has 8 heteroatoms. The van der Waals surface area contributed by atoms with Crippen molar-refractivity contribution in [1.29, 1.82) is 0 Å². The molecule has 3 amide bonds. The Morgan fingerprint density at radius 3 is 2.42 bits per heavy atom. The number of urea groups is 1. The lowest BCUT2D eigenvalue weighted by molar-refractivity contribution is -0.136. The van der Waals surface area contributed by atoms with Gasteiger partial charge in [0.05, 0.1) is 32.2 Å². The molecule has 3 aromatic rings. The molecule has 0 aliphatic carbocycles. The van der Waals surface area contributed by atoms with Gasteiger partial charge < -0.3 is 25.4 Å². The van der Waals surface area contributed by atoms with E-state index in [-0.39, 0.29) is 31.0 Å². The lowest BCUT2D eigenvalue weighted by Gasteiger charge is -2.32. The van der Waals surface area contributed by atoms with Gasteiger partial charge in [0.1, 0.15) is 5.75 Å². The minimum Gasteiger partial charge on any atom is -0.496 e. The normalized spacial score (nSPS) is 16.9. The number of ether oxygens (including phenoxy) is 1. The number of carboxylic acids is 1. The van der Waals surface area contributed by atoms with Crippen molar-refractivity contribution in [3.05, 3.63) is 95.6 Å². The highest BCUT2D eigenvalue weighted by molar-refractivity contribution is 5.92. The first-order valence-electron chi connectivity index (χ1n) is 11.8. The molecule has 1 aliphatic rings. The van der Waals surface area contributed by atoms with Crippen molar-refractivity contribution in [1.82, 2.24) is 10.2 Å². The number of nitrogens with one attached hydrogen (secondary N) is 2. The molecule has 1 aliphatic heterocycles. The van der Waals surface area contributed by atoms with Crippen LogP contribution in [-0.4, -0.2) is 41.6 Å². The number of carbonyl (C=O) groups excluding carboxylic acids is 2. The molecule has 2 atom stereocenters. The van der Waals surface area contributed by atoms with Crippen molar-refractivity contribution < 1.29 is 24.2 Å². The monoisotopic (exact) mass is 487 g/mol. The molecule has 3 N–H and O–H groups in total. The Labute approximate surface area is 209 Å². The zero-order chi connectivity index (χ0) is 25.5. The van der Waals surface area contributed by atoms with Gasteiger partial charge in [-0.1, -0.05) is 60.7 Å². The topological polar surface area (TPSA) is 108 Å². The second kappa shape index (κ2) is 11.4. The molecule has 186 valence electrons. The quantitative estimate of drug-likeness (QED) is 0.432. The van der Waals surface area contributed by atoms with E-state index in [1.165, 1.54) is 0 Å². The van der Waals surface area contributed by atoms with Gasteiger partial charge in [0.25, 0.3) is 0 Å². The van der Waals surface area contributed by atoms with E-state index in [0.717, 1.165) is 29.7 Å². The van der Waals surface area contributed by atoms with Crippen LogP contribution >= 0.6 is 0 Å². The summed E-state index contributed by atoms with van der Waals surface area (Å²) in [6.07, 6.45) is 1.42. The van der Waals surface area contributed by atoms with Crippen molar-refractivity contribution in [2.45, 2.75) is 31.3 Å². The van der Waals surface area contributed by atoms with Crippen molar-refractivity contribution in [3.8, 4) is 5.75 Å². The highest BCUT2D eigenvalue weighted by atomic mass is 16.5. The summed E-state index contributed by atoms with van der Waals surface area (Å²) < 4.78 is 5.57. The number of methoxy groups -OCH3 is 1. The van der Waals surface area contributed by atoms with Crippen molar-refractivity contribution in [3.63, 3.8) is 0 Å². The number of nitrogens with zero attached hydrogens (tertiary/aromatic N) is 1. The first-order chi connectivity index (χ1) is 17.5. The number of carboxylic acid groups (broad SMARTS) is 1. The number of aliphatic carboxylic acids is 1. The first kappa shape index (κ1) is 24.8. The standard InChI is InChI=1S/C28H29N3O5/c1-36-25-13-6-5-12-22(25)24-15-14-23(20-9-3-2-4-10-20)31(24)26(32)18-29-28(35)30-21-11-7-8-19(16-21)17-27(33)34/h2-13,16,23-24H,14-15,17-18H2,1H3,(H,33,34)(H2,29,30,35). The summed E-state index contributed by atoms with van der Waals surface area (Å²) in [5, 5.41) is 14.3. The zero-order valence-electron chi connectivity index (χ0n) is 20.0. The number of para-hydroxylation sites is 1. The van der Waals surface area contributed by atoms with Crippen LogP contribution in [0.2, 0.25) is 0 Å². The fourth-order valence-corrected chi connectivity index (χ4v) is 4.76. The number of hydrogen-bond donors (Lipinski definition) is 3. The second-order valence-corrected chi connectivity index (χ2v) is 8.64. The Hall–Kier alpha value is -4.33. The molecular weight excluding hydrogens is 458 g/mol. The Kier molecular flexibility index (Phi) is 7.85. The van der Waals surface area contributed by atoms with Gasteiger partial charge in [0.2, 0.25) is 5.91 Å². The average Bonchev–Trinajstić information content (AvgIpc) is 3.33. The minimum atomic E-state index is -0.953. The summed E-state index contributed by atoms with van der Waals surface area (Å²) in [5.41, 5.74) is 3.00. The molecule has 1 saturated heterocycles. The predicted octanol–water partition coefficient (Wildman–Crippen LogP) is 4.55. The Morgan fingerprint density at radius 1 is 0.944 bits per heavy atom. The second-order valence-electron chi connectivity index (χ2n) is 8.64. The average molecular weight is 488 g/mol. The van der Waals surface area contributed by atoms with E-state index in [2.05, 4.69) is 10.6 Å². The fourth-order valence-electron chi connectivity index (χ4n) is 4.76. The van der Waals surface area contributed by atoms with Crippen LogP contribution in [0.4, 0.5) is 10.5 Å². The number of anilines is 1. The van der Waals surface area contributed by atoms with Crippen LogP contribution in [0.15, 0.2) is 78.9 Å². The van der Waals surface area contributed by atoms with E-state index in [9.17, 15) is 14.4 Å². The van der Waals surface area contributed by atoms with Gasteiger partial charge in [-0.15, -0.1) is 0 Å². The van der Waals surface area contributed by atoms with Gasteiger partial charge in [-0.25, -0.2) is 4.79 Å². The molecule has 0 radical (unpaired) electrons.